The van der Waals surface area contributed by atoms with Crippen LogP contribution in [0.15, 0.2) is 30.3 Å². The molecule has 0 radical (unpaired) electrons. The Kier molecular flexibility index (Phi) is 5.21. The topological polar surface area (TPSA) is 41.6 Å². The predicted molar refractivity (Wildman–Crippen MR) is 75.1 cm³/mol. The van der Waals surface area contributed by atoms with Crippen LogP contribution in [0.5, 0.6) is 0 Å². The molecule has 0 aliphatic carbocycles. The summed E-state index contributed by atoms with van der Waals surface area (Å²) in [5.74, 6) is 0. The molecule has 0 spiro atoms. The van der Waals surface area contributed by atoms with Gasteiger partial charge in [0.15, 0.2) is 0 Å². The highest BCUT2D eigenvalue weighted by molar-refractivity contribution is 5.74. The third kappa shape index (κ3) is 4.24. The molecule has 1 atom stereocenters. The third-order valence-corrected chi connectivity index (χ3v) is 3.26. The quantitative estimate of drug-likeness (QED) is 0.902. The van der Waals surface area contributed by atoms with E-state index in [2.05, 4.69) is 24.4 Å². The van der Waals surface area contributed by atoms with Gasteiger partial charge in [-0.3, -0.25) is 0 Å². The molecule has 1 fully saturated rings. The van der Waals surface area contributed by atoms with Crippen molar-refractivity contribution in [3.05, 3.63) is 35.9 Å². The summed E-state index contributed by atoms with van der Waals surface area (Å²) in [4.78, 5) is 13.8. The van der Waals surface area contributed by atoms with Gasteiger partial charge in [-0.05, 0) is 12.0 Å². The van der Waals surface area contributed by atoms with Gasteiger partial charge in [0.25, 0.3) is 0 Å². The van der Waals surface area contributed by atoms with Crippen molar-refractivity contribution in [3.63, 3.8) is 0 Å². The van der Waals surface area contributed by atoms with Crippen LogP contribution in [-0.2, 0) is 11.2 Å². The minimum absolute atomic E-state index is 0.0308. The first-order valence-corrected chi connectivity index (χ1v) is 6.98. The molecule has 0 saturated carbocycles. The van der Waals surface area contributed by atoms with Crippen LogP contribution in [0.4, 0.5) is 4.79 Å². The van der Waals surface area contributed by atoms with Gasteiger partial charge in [-0.25, -0.2) is 4.79 Å². The van der Waals surface area contributed by atoms with Crippen LogP contribution in [0.3, 0.4) is 0 Å². The highest BCUT2D eigenvalue weighted by atomic mass is 16.5. The molecule has 104 valence electrons. The summed E-state index contributed by atoms with van der Waals surface area (Å²) >= 11 is 0. The minimum atomic E-state index is 0.0308. The van der Waals surface area contributed by atoms with Gasteiger partial charge in [-0.1, -0.05) is 37.3 Å². The van der Waals surface area contributed by atoms with E-state index in [1.54, 1.807) is 0 Å². The zero-order valence-corrected chi connectivity index (χ0v) is 11.5. The van der Waals surface area contributed by atoms with E-state index < -0.39 is 0 Å². The number of ether oxygens (including phenoxy) is 1. The molecule has 1 N–H and O–H groups in total. The van der Waals surface area contributed by atoms with Crippen molar-refractivity contribution in [2.75, 3.05) is 26.2 Å². The van der Waals surface area contributed by atoms with Gasteiger partial charge >= 0.3 is 6.03 Å². The van der Waals surface area contributed by atoms with Crippen LogP contribution < -0.4 is 5.32 Å². The second kappa shape index (κ2) is 7.14. The van der Waals surface area contributed by atoms with E-state index in [1.165, 1.54) is 5.56 Å². The Morgan fingerprint density at radius 3 is 2.95 bits per heavy atom. The van der Waals surface area contributed by atoms with Crippen molar-refractivity contribution < 1.29 is 9.53 Å². The van der Waals surface area contributed by atoms with Gasteiger partial charge in [0, 0.05) is 26.1 Å². The molecule has 19 heavy (non-hydrogen) atoms. The summed E-state index contributed by atoms with van der Waals surface area (Å²) in [6.07, 6.45) is 1.92. The second-order valence-corrected chi connectivity index (χ2v) is 4.86. The molecule has 0 aromatic heterocycles. The lowest BCUT2D eigenvalue weighted by Gasteiger charge is -2.33. The normalized spacial score (nSPS) is 19.2. The zero-order chi connectivity index (χ0) is 13.5. The predicted octanol–water partition coefficient (Wildman–Crippen LogP) is 2.05. The van der Waals surface area contributed by atoms with Crippen molar-refractivity contribution in [1.29, 1.82) is 0 Å². The SMILES string of the molecule is CCCNC(=O)N1CCOC(Cc2ccccc2)C1. The van der Waals surface area contributed by atoms with Crippen LogP contribution in [0.25, 0.3) is 0 Å². The molecule has 2 amide bonds. The number of morpholine rings is 1. The maximum absolute atomic E-state index is 11.9. The maximum atomic E-state index is 11.9. The number of nitrogens with zero attached hydrogens (tertiary/aromatic N) is 1. The molecule has 1 unspecified atom stereocenters. The lowest BCUT2D eigenvalue weighted by Crippen LogP contribution is -2.50. The molecule has 1 aliphatic rings. The van der Waals surface area contributed by atoms with E-state index in [1.807, 2.05) is 23.1 Å². The number of rotatable bonds is 4. The van der Waals surface area contributed by atoms with Gasteiger partial charge in [-0.15, -0.1) is 0 Å². The molecule has 0 bridgehead atoms. The summed E-state index contributed by atoms with van der Waals surface area (Å²) in [5, 5.41) is 2.92. The maximum Gasteiger partial charge on any atom is 0.317 e. The summed E-state index contributed by atoms with van der Waals surface area (Å²) in [6, 6.07) is 10.3. The number of amides is 2. The Morgan fingerprint density at radius 2 is 2.21 bits per heavy atom. The third-order valence-electron chi connectivity index (χ3n) is 3.26. The number of carbonyl (C=O) groups excluding carboxylic acids is 1. The molecule has 1 heterocycles. The number of carbonyl (C=O) groups is 1. The Morgan fingerprint density at radius 1 is 1.42 bits per heavy atom. The lowest BCUT2D eigenvalue weighted by atomic mass is 10.1. The average molecular weight is 262 g/mol. The zero-order valence-electron chi connectivity index (χ0n) is 11.5. The standard InChI is InChI=1S/C15H22N2O2/c1-2-8-16-15(18)17-9-10-19-14(12-17)11-13-6-4-3-5-7-13/h3-7,14H,2,8-12H2,1H3,(H,16,18). The number of benzene rings is 1. The molecule has 2 rings (SSSR count). The highest BCUT2D eigenvalue weighted by Gasteiger charge is 2.23. The average Bonchev–Trinajstić information content (AvgIpc) is 2.46. The van der Waals surface area contributed by atoms with Crippen LogP contribution in [-0.4, -0.2) is 43.3 Å². The van der Waals surface area contributed by atoms with Crippen LogP contribution in [0, 0.1) is 0 Å². The minimum Gasteiger partial charge on any atom is -0.374 e. The van der Waals surface area contributed by atoms with E-state index >= 15 is 0 Å². The van der Waals surface area contributed by atoms with E-state index in [0.29, 0.717) is 19.7 Å². The molecule has 1 aromatic rings. The smallest absolute Gasteiger partial charge is 0.317 e. The van der Waals surface area contributed by atoms with Gasteiger partial charge in [0.05, 0.1) is 12.7 Å². The van der Waals surface area contributed by atoms with Gasteiger partial charge in [0.1, 0.15) is 0 Å². The van der Waals surface area contributed by atoms with E-state index in [9.17, 15) is 4.79 Å². The fourth-order valence-electron chi connectivity index (χ4n) is 2.25. The molecule has 1 saturated heterocycles. The molecule has 4 heteroatoms. The van der Waals surface area contributed by atoms with Crippen molar-refractivity contribution in [2.45, 2.75) is 25.9 Å². The molecule has 1 aromatic carbocycles. The van der Waals surface area contributed by atoms with Crippen molar-refractivity contribution in [3.8, 4) is 0 Å². The van der Waals surface area contributed by atoms with Crippen LogP contribution in [0.2, 0.25) is 0 Å². The molecular weight excluding hydrogens is 240 g/mol. The summed E-state index contributed by atoms with van der Waals surface area (Å²) in [7, 11) is 0. The van der Waals surface area contributed by atoms with E-state index in [4.69, 9.17) is 4.74 Å². The monoisotopic (exact) mass is 262 g/mol. The van der Waals surface area contributed by atoms with Crippen molar-refractivity contribution in [2.24, 2.45) is 0 Å². The first kappa shape index (κ1) is 13.9. The number of hydrogen-bond acceptors (Lipinski definition) is 2. The Bertz CT molecular complexity index is 394. The molecular formula is C15H22N2O2. The highest BCUT2D eigenvalue weighted by Crippen LogP contribution is 2.11. The summed E-state index contributed by atoms with van der Waals surface area (Å²) in [6.45, 7) is 4.76. The fraction of sp³-hybridized carbons (Fsp3) is 0.533. The van der Waals surface area contributed by atoms with E-state index in [-0.39, 0.29) is 12.1 Å². The number of hydrogen-bond donors (Lipinski definition) is 1. The lowest BCUT2D eigenvalue weighted by molar-refractivity contribution is -0.0132. The fourth-order valence-corrected chi connectivity index (χ4v) is 2.25. The van der Waals surface area contributed by atoms with E-state index in [0.717, 1.165) is 19.4 Å². The van der Waals surface area contributed by atoms with Crippen LogP contribution >= 0.6 is 0 Å². The number of nitrogens with one attached hydrogen (secondary N) is 1. The van der Waals surface area contributed by atoms with Gasteiger partial charge < -0.3 is 15.0 Å². The van der Waals surface area contributed by atoms with Crippen molar-refractivity contribution >= 4 is 6.03 Å². The first-order chi connectivity index (χ1) is 9.29. The Labute approximate surface area is 114 Å². The number of urea groups is 1. The molecule has 1 aliphatic heterocycles. The van der Waals surface area contributed by atoms with Gasteiger partial charge in [-0.2, -0.15) is 0 Å². The largest absolute Gasteiger partial charge is 0.374 e. The Hall–Kier alpha value is -1.55. The van der Waals surface area contributed by atoms with Crippen molar-refractivity contribution in [1.82, 2.24) is 10.2 Å². The second-order valence-electron chi connectivity index (χ2n) is 4.86. The summed E-state index contributed by atoms with van der Waals surface area (Å²) in [5.41, 5.74) is 1.25. The Balaban J connectivity index is 1.85. The first-order valence-electron chi connectivity index (χ1n) is 6.98. The molecule has 4 nitrogen and oxygen atoms in total. The van der Waals surface area contributed by atoms with Gasteiger partial charge in [0.2, 0.25) is 0 Å². The van der Waals surface area contributed by atoms with Crippen LogP contribution in [0.1, 0.15) is 18.9 Å². The summed E-state index contributed by atoms with van der Waals surface area (Å²) < 4.78 is 5.75.